The lowest BCUT2D eigenvalue weighted by atomic mass is 9.89. The summed E-state index contributed by atoms with van der Waals surface area (Å²) >= 11 is 0. The Bertz CT molecular complexity index is 374. The number of alkyl carbamates (subject to hydrolysis) is 1. The molecule has 1 atom stereocenters. The summed E-state index contributed by atoms with van der Waals surface area (Å²) in [6.07, 6.45) is 2.91. The quantitative estimate of drug-likeness (QED) is 0.522. The van der Waals surface area contributed by atoms with Gasteiger partial charge in [-0.15, -0.1) is 0 Å². The Morgan fingerprint density at radius 2 is 1.57 bits per heavy atom. The fourth-order valence-corrected chi connectivity index (χ4v) is 2.14. The van der Waals surface area contributed by atoms with E-state index in [1.54, 1.807) is 20.8 Å². The molecule has 0 aliphatic heterocycles. The zero-order valence-corrected chi connectivity index (χ0v) is 13.9. The van der Waals surface area contributed by atoms with Gasteiger partial charge in [0.2, 0.25) is 6.29 Å². The molecule has 1 saturated carbocycles. The van der Waals surface area contributed by atoms with E-state index in [0.29, 0.717) is 12.5 Å². The SMILES string of the molecule is CC(C)C(=O)O[C@H](C)OC(=O)NCC1CCCCC1.O=C(O)O. The molecule has 23 heavy (non-hydrogen) atoms. The first kappa shape index (κ1) is 21.0. The van der Waals surface area contributed by atoms with Crippen LogP contribution in [0.5, 0.6) is 0 Å². The van der Waals surface area contributed by atoms with Crippen LogP contribution in [-0.4, -0.2) is 41.3 Å². The predicted molar refractivity (Wildman–Crippen MR) is 82.1 cm³/mol. The van der Waals surface area contributed by atoms with E-state index in [4.69, 9.17) is 24.5 Å². The van der Waals surface area contributed by atoms with Crippen LogP contribution in [0.2, 0.25) is 0 Å². The molecule has 0 heterocycles. The molecule has 0 aromatic carbocycles. The molecule has 0 unspecified atom stereocenters. The fraction of sp³-hybridized carbons (Fsp3) is 0.800. The van der Waals surface area contributed by atoms with Gasteiger partial charge in [-0.3, -0.25) is 4.79 Å². The molecule has 1 amide bonds. The Morgan fingerprint density at radius 3 is 2.04 bits per heavy atom. The van der Waals surface area contributed by atoms with Crippen LogP contribution in [0.4, 0.5) is 9.59 Å². The number of ether oxygens (including phenoxy) is 2. The maximum Gasteiger partial charge on any atom is 0.503 e. The summed E-state index contributed by atoms with van der Waals surface area (Å²) in [6.45, 7) is 5.65. The van der Waals surface area contributed by atoms with E-state index in [1.807, 2.05) is 0 Å². The number of hydrogen-bond donors (Lipinski definition) is 3. The number of hydrogen-bond acceptors (Lipinski definition) is 5. The van der Waals surface area contributed by atoms with Crippen LogP contribution in [0.1, 0.15) is 52.9 Å². The third-order valence-corrected chi connectivity index (χ3v) is 3.29. The van der Waals surface area contributed by atoms with Crippen molar-refractivity contribution in [3.05, 3.63) is 0 Å². The lowest BCUT2D eigenvalue weighted by molar-refractivity contribution is -0.168. The third kappa shape index (κ3) is 12.3. The van der Waals surface area contributed by atoms with Gasteiger partial charge in [0.1, 0.15) is 0 Å². The number of rotatable bonds is 5. The minimum atomic E-state index is -1.83. The molecule has 0 bridgehead atoms. The van der Waals surface area contributed by atoms with Crippen molar-refractivity contribution in [2.75, 3.05) is 6.54 Å². The van der Waals surface area contributed by atoms with Gasteiger partial charge in [0.25, 0.3) is 0 Å². The van der Waals surface area contributed by atoms with Crippen molar-refractivity contribution < 1.29 is 34.1 Å². The number of carbonyl (C=O) groups is 3. The van der Waals surface area contributed by atoms with Crippen LogP contribution in [0.25, 0.3) is 0 Å². The zero-order chi connectivity index (χ0) is 17.8. The molecular formula is C15H27NO7. The molecule has 1 fully saturated rings. The van der Waals surface area contributed by atoms with Gasteiger partial charge in [0, 0.05) is 13.5 Å². The van der Waals surface area contributed by atoms with Crippen LogP contribution in [0.3, 0.4) is 0 Å². The minimum Gasteiger partial charge on any atom is -0.450 e. The lowest BCUT2D eigenvalue weighted by Crippen LogP contribution is -2.34. The second-order valence-electron chi connectivity index (χ2n) is 5.73. The van der Waals surface area contributed by atoms with Crippen LogP contribution >= 0.6 is 0 Å². The smallest absolute Gasteiger partial charge is 0.450 e. The largest absolute Gasteiger partial charge is 0.503 e. The Hall–Kier alpha value is -1.99. The van der Waals surface area contributed by atoms with Gasteiger partial charge in [-0.1, -0.05) is 33.1 Å². The summed E-state index contributed by atoms with van der Waals surface area (Å²) < 4.78 is 9.92. The van der Waals surface area contributed by atoms with Crippen molar-refractivity contribution in [2.45, 2.75) is 59.2 Å². The first-order valence-electron chi connectivity index (χ1n) is 7.79. The van der Waals surface area contributed by atoms with Crippen molar-refractivity contribution in [1.29, 1.82) is 0 Å². The van der Waals surface area contributed by atoms with E-state index in [9.17, 15) is 9.59 Å². The van der Waals surface area contributed by atoms with Crippen molar-refractivity contribution in [3.8, 4) is 0 Å². The molecule has 0 spiro atoms. The Kier molecular flexibility index (Phi) is 10.6. The van der Waals surface area contributed by atoms with E-state index < -0.39 is 18.5 Å². The van der Waals surface area contributed by atoms with E-state index in [1.165, 1.54) is 19.3 Å². The molecule has 0 aromatic heterocycles. The molecule has 1 aliphatic carbocycles. The van der Waals surface area contributed by atoms with Crippen LogP contribution in [0.15, 0.2) is 0 Å². The van der Waals surface area contributed by atoms with Gasteiger partial charge in [-0.2, -0.15) is 0 Å². The van der Waals surface area contributed by atoms with Crippen LogP contribution in [-0.2, 0) is 14.3 Å². The monoisotopic (exact) mass is 333 g/mol. The topological polar surface area (TPSA) is 122 Å². The first-order chi connectivity index (χ1) is 10.7. The summed E-state index contributed by atoms with van der Waals surface area (Å²) in [5.74, 6) is -0.0428. The van der Waals surface area contributed by atoms with Crippen molar-refractivity contribution >= 4 is 18.2 Å². The van der Waals surface area contributed by atoms with Gasteiger partial charge in [-0.05, 0) is 18.8 Å². The maximum atomic E-state index is 11.5. The van der Waals surface area contributed by atoms with Crippen molar-refractivity contribution in [1.82, 2.24) is 5.32 Å². The molecule has 8 heteroatoms. The molecule has 134 valence electrons. The normalized spacial score (nSPS) is 15.8. The van der Waals surface area contributed by atoms with Crippen LogP contribution in [0, 0.1) is 11.8 Å². The van der Waals surface area contributed by atoms with Gasteiger partial charge in [0.05, 0.1) is 5.92 Å². The molecule has 8 nitrogen and oxygen atoms in total. The highest BCUT2D eigenvalue weighted by atomic mass is 16.7. The molecule has 1 aliphatic rings. The molecule has 0 aromatic rings. The molecule has 1 rings (SSSR count). The summed E-state index contributed by atoms with van der Waals surface area (Å²) in [6, 6.07) is 0. The first-order valence-corrected chi connectivity index (χ1v) is 7.79. The lowest BCUT2D eigenvalue weighted by Gasteiger charge is -2.22. The Labute approximate surface area is 136 Å². The standard InChI is InChI=1S/C14H25NO4.CH2O3/c1-10(2)13(16)18-11(3)19-14(17)15-9-12-7-5-4-6-8-12;2-1(3)4/h10-12H,4-9H2,1-3H3,(H,15,17);(H2,2,3,4)/t11-;/m0./s1. The fourth-order valence-electron chi connectivity index (χ4n) is 2.14. The minimum absolute atomic E-state index is 0.226. The van der Waals surface area contributed by atoms with E-state index >= 15 is 0 Å². The average molecular weight is 333 g/mol. The Morgan fingerprint density at radius 1 is 1.04 bits per heavy atom. The highest BCUT2D eigenvalue weighted by Crippen LogP contribution is 2.22. The Balaban J connectivity index is 0.00000108. The second-order valence-corrected chi connectivity index (χ2v) is 5.73. The summed E-state index contributed by atoms with van der Waals surface area (Å²) in [7, 11) is 0. The molecule has 3 N–H and O–H groups in total. The third-order valence-electron chi connectivity index (χ3n) is 3.29. The highest BCUT2D eigenvalue weighted by molar-refractivity contribution is 5.72. The summed E-state index contributed by atoms with van der Waals surface area (Å²) in [5, 5.41) is 16.7. The van der Waals surface area contributed by atoms with Gasteiger partial charge in [0.15, 0.2) is 0 Å². The van der Waals surface area contributed by atoms with Crippen molar-refractivity contribution in [3.63, 3.8) is 0 Å². The molecule has 0 saturated heterocycles. The summed E-state index contributed by atoms with van der Waals surface area (Å²) in [4.78, 5) is 31.4. The maximum absolute atomic E-state index is 11.5. The van der Waals surface area contributed by atoms with Gasteiger partial charge in [-0.25, -0.2) is 9.59 Å². The van der Waals surface area contributed by atoms with Crippen molar-refractivity contribution in [2.24, 2.45) is 11.8 Å². The second kappa shape index (κ2) is 11.6. The average Bonchev–Trinajstić information content (AvgIpc) is 2.45. The molecular weight excluding hydrogens is 306 g/mol. The zero-order valence-electron chi connectivity index (χ0n) is 13.9. The van der Waals surface area contributed by atoms with Gasteiger partial charge >= 0.3 is 18.2 Å². The van der Waals surface area contributed by atoms with E-state index in [2.05, 4.69) is 5.32 Å². The van der Waals surface area contributed by atoms with E-state index in [0.717, 1.165) is 12.8 Å². The number of carbonyl (C=O) groups excluding carboxylic acids is 2. The number of amides is 1. The predicted octanol–water partition coefficient (Wildman–Crippen LogP) is 3.06. The van der Waals surface area contributed by atoms with Gasteiger partial charge < -0.3 is 25.0 Å². The highest BCUT2D eigenvalue weighted by Gasteiger charge is 2.18. The summed E-state index contributed by atoms with van der Waals surface area (Å²) in [5.41, 5.74) is 0. The number of carboxylic acid groups (broad SMARTS) is 2. The number of esters is 1. The van der Waals surface area contributed by atoms with E-state index in [-0.39, 0.29) is 11.9 Å². The van der Waals surface area contributed by atoms with Crippen LogP contribution < -0.4 is 5.32 Å². The molecule has 0 radical (unpaired) electrons. The number of nitrogens with one attached hydrogen (secondary N) is 1.